The summed E-state index contributed by atoms with van der Waals surface area (Å²) in [6.07, 6.45) is 1.76. The van der Waals surface area contributed by atoms with Crippen LogP contribution in [0.5, 0.6) is 5.75 Å². The van der Waals surface area contributed by atoms with Gasteiger partial charge in [-0.15, -0.1) is 22.7 Å². The molecular formula is C15H13N3OS2. The second kappa shape index (κ2) is 6.51. The number of ether oxygens (including phenoxy) is 1. The van der Waals surface area contributed by atoms with Gasteiger partial charge in [-0.05, 0) is 41.3 Å². The van der Waals surface area contributed by atoms with Crippen molar-refractivity contribution < 1.29 is 4.74 Å². The summed E-state index contributed by atoms with van der Waals surface area (Å²) in [5, 5.41) is 9.05. The molecule has 0 spiro atoms. The third kappa shape index (κ3) is 3.48. The Balaban J connectivity index is 1.63. The van der Waals surface area contributed by atoms with Crippen LogP contribution in [0.1, 0.15) is 5.56 Å². The fraction of sp³-hybridized carbons (Fsp3) is 0.0667. The Morgan fingerprint density at radius 1 is 1.19 bits per heavy atom. The summed E-state index contributed by atoms with van der Waals surface area (Å²) in [7, 11) is 1.65. The predicted molar refractivity (Wildman–Crippen MR) is 89.6 cm³/mol. The molecular weight excluding hydrogens is 302 g/mol. The number of hydrogen-bond acceptors (Lipinski definition) is 6. The fourth-order valence-electron chi connectivity index (χ4n) is 1.71. The normalized spacial score (nSPS) is 10.9. The number of thiazole rings is 1. The van der Waals surface area contributed by atoms with Crippen LogP contribution in [0.3, 0.4) is 0 Å². The summed E-state index contributed by atoms with van der Waals surface area (Å²) >= 11 is 3.22. The molecule has 0 saturated carbocycles. The molecule has 0 aliphatic carbocycles. The number of hydrazone groups is 1. The van der Waals surface area contributed by atoms with Gasteiger partial charge in [0.15, 0.2) is 0 Å². The zero-order valence-electron chi connectivity index (χ0n) is 11.3. The van der Waals surface area contributed by atoms with Gasteiger partial charge in [0, 0.05) is 5.38 Å². The van der Waals surface area contributed by atoms with Crippen molar-refractivity contribution in [2.45, 2.75) is 0 Å². The molecule has 1 N–H and O–H groups in total. The smallest absolute Gasteiger partial charge is 0.203 e. The lowest BCUT2D eigenvalue weighted by Crippen LogP contribution is -1.90. The fourth-order valence-corrected chi connectivity index (χ4v) is 3.13. The molecule has 0 radical (unpaired) electrons. The Bertz CT molecular complexity index is 718. The van der Waals surface area contributed by atoms with Crippen molar-refractivity contribution in [1.82, 2.24) is 4.98 Å². The molecule has 2 heterocycles. The molecule has 1 aromatic carbocycles. The lowest BCUT2D eigenvalue weighted by atomic mass is 10.2. The molecule has 21 heavy (non-hydrogen) atoms. The second-order valence-electron chi connectivity index (χ2n) is 4.16. The van der Waals surface area contributed by atoms with E-state index in [4.69, 9.17) is 4.74 Å². The van der Waals surface area contributed by atoms with Crippen LogP contribution >= 0.6 is 22.7 Å². The van der Waals surface area contributed by atoms with E-state index in [0.29, 0.717) is 0 Å². The zero-order valence-corrected chi connectivity index (χ0v) is 12.9. The Morgan fingerprint density at radius 3 is 2.76 bits per heavy atom. The van der Waals surface area contributed by atoms with E-state index in [1.165, 1.54) is 16.2 Å². The lowest BCUT2D eigenvalue weighted by Gasteiger charge is -1.98. The molecule has 106 valence electrons. The van der Waals surface area contributed by atoms with Gasteiger partial charge in [-0.25, -0.2) is 4.98 Å². The van der Waals surface area contributed by atoms with Gasteiger partial charge in [0.25, 0.3) is 0 Å². The highest BCUT2D eigenvalue weighted by molar-refractivity contribution is 7.15. The minimum absolute atomic E-state index is 0.781. The minimum Gasteiger partial charge on any atom is -0.497 e. The Hall–Kier alpha value is -2.18. The SMILES string of the molecule is COc1ccc(/C=N/Nc2nc(-c3cccs3)cs2)cc1. The van der Waals surface area contributed by atoms with E-state index in [1.54, 1.807) is 24.7 Å². The van der Waals surface area contributed by atoms with Gasteiger partial charge >= 0.3 is 0 Å². The number of nitrogens with zero attached hydrogens (tertiary/aromatic N) is 2. The molecule has 0 unspecified atom stereocenters. The van der Waals surface area contributed by atoms with Crippen LogP contribution in [-0.4, -0.2) is 18.3 Å². The van der Waals surface area contributed by atoms with Gasteiger partial charge in [-0.3, -0.25) is 5.43 Å². The van der Waals surface area contributed by atoms with Crippen LogP contribution in [0.15, 0.2) is 52.3 Å². The molecule has 4 nitrogen and oxygen atoms in total. The first kappa shape index (κ1) is 13.8. The predicted octanol–water partition coefficient (Wildman–Crippen LogP) is 4.33. The van der Waals surface area contributed by atoms with Crippen LogP contribution < -0.4 is 10.2 Å². The maximum Gasteiger partial charge on any atom is 0.203 e. The molecule has 2 aromatic heterocycles. The highest BCUT2D eigenvalue weighted by Gasteiger charge is 2.04. The molecule has 6 heteroatoms. The van der Waals surface area contributed by atoms with Crippen molar-refractivity contribution in [3.05, 3.63) is 52.7 Å². The van der Waals surface area contributed by atoms with E-state index in [2.05, 4.69) is 21.6 Å². The molecule has 0 fully saturated rings. The Labute approximate surface area is 130 Å². The van der Waals surface area contributed by atoms with E-state index in [1.807, 2.05) is 41.1 Å². The summed E-state index contributed by atoms with van der Waals surface area (Å²) in [6, 6.07) is 11.8. The molecule has 0 aliphatic rings. The number of rotatable bonds is 5. The number of hydrogen-bond donors (Lipinski definition) is 1. The highest BCUT2D eigenvalue weighted by Crippen LogP contribution is 2.28. The van der Waals surface area contributed by atoms with Crippen molar-refractivity contribution in [2.24, 2.45) is 5.10 Å². The number of nitrogens with one attached hydrogen (secondary N) is 1. The van der Waals surface area contributed by atoms with Crippen LogP contribution in [-0.2, 0) is 0 Å². The molecule has 3 aromatic rings. The van der Waals surface area contributed by atoms with Crippen molar-refractivity contribution >= 4 is 34.0 Å². The maximum absolute atomic E-state index is 5.11. The van der Waals surface area contributed by atoms with Gasteiger partial charge in [0.2, 0.25) is 5.13 Å². The number of thiophene rings is 1. The minimum atomic E-state index is 0.781. The Kier molecular flexibility index (Phi) is 4.28. The van der Waals surface area contributed by atoms with E-state index in [9.17, 15) is 0 Å². The largest absolute Gasteiger partial charge is 0.497 e. The molecule has 0 atom stereocenters. The van der Waals surface area contributed by atoms with Gasteiger partial charge in [0.1, 0.15) is 5.75 Å². The first-order valence-electron chi connectivity index (χ1n) is 6.28. The summed E-state index contributed by atoms with van der Waals surface area (Å²) in [5.74, 6) is 0.834. The van der Waals surface area contributed by atoms with E-state index >= 15 is 0 Å². The van der Waals surface area contributed by atoms with E-state index < -0.39 is 0 Å². The highest BCUT2D eigenvalue weighted by atomic mass is 32.1. The number of methoxy groups -OCH3 is 1. The summed E-state index contributed by atoms with van der Waals surface area (Å²) in [4.78, 5) is 5.66. The van der Waals surface area contributed by atoms with Crippen LogP contribution in [0, 0.1) is 0 Å². The van der Waals surface area contributed by atoms with Gasteiger partial charge in [0.05, 0.1) is 23.9 Å². The van der Waals surface area contributed by atoms with Gasteiger partial charge < -0.3 is 4.74 Å². The molecule has 0 aliphatic heterocycles. The van der Waals surface area contributed by atoms with E-state index in [0.717, 1.165) is 22.1 Å². The van der Waals surface area contributed by atoms with Crippen LogP contribution in [0.25, 0.3) is 10.6 Å². The third-order valence-electron chi connectivity index (χ3n) is 2.77. The Morgan fingerprint density at radius 2 is 2.05 bits per heavy atom. The molecule has 3 rings (SSSR count). The topological polar surface area (TPSA) is 46.5 Å². The van der Waals surface area contributed by atoms with Crippen molar-refractivity contribution in [1.29, 1.82) is 0 Å². The second-order valence-corrected chi connectivity index (χ2v) is 5.96. The standard InChI is InChI=1S/C15H13N3OS2/c1-19-12-6-4-11(5-7-12)9-16-18-15-17-13(10-21-15)14-3-2-8-20-14/h2-10H,1H3,(H,17,18)/b16-9+. The first-order chi connectivity index (χ1) is 10.3. The van der Waals surface area contributed by atoms with Crippen molar-refractivity contribution in [3.8, 4) is 16.3 Å². The third-order valence-corrected chi connectivity index (χ3v) is 4.41. The van der Waals surface area contributed by atoms with E-state index in [-0.39, 0.29) is 0 Å². The van der Waals surface area contributed by atoms with Crippen molar-refractivity contribution in [3.63, 3.8) is 0 Å². The van der Waals surface area contributed by atoms with Gasteiger partial charge in [-0.1, -0.05) is 6.07 Å². The summed E-state index contributed by atoms with van der Waals surface area (Å²) in [5.41, 5.74) is 4.94. The van der Waals surface area contributed by atoms with Crippen LogP contribution in [0.2, 0.25) is 0 Å². The molecule has 0 amide bonds. The summed E-state index contributed by atoms with van der Waals surface area (Å²) < 4.78 is 5.11. The molecule has 0 saturated heterocycles. The lowest BCUT2D eigenvalue weighted by molar-refractivity contribution is 0.415. The monoisotopic (exact) mass is 315 g/mol. The average Bonchev–Trinajstić information content (AvgIpc) is 3.19. The maximum atomic E-state index is 5.11. The number of aromatic nitrogens is 1. The quantitative estimate of drug-likeness (QED) is 0.563. The number of benzene rings is 1. The van der Waals surface area contributed by atoms with Crippen molar-refractivity contribution in [2.75, 3.05) is 12.5 Å². The van der Waals surface area contributed by atoms with Crippen LogP contribution in [0.4, 0.5) is 5.13 Å². The summed E-state index contributed by atoms with van der Waals surface area (Å²) in [6.45, 7) is 0. The number of anilines is 1. The zero-order chi connectivity index (χ0) is 14.5. The molecule has 0 bridgehead atoms. The average molecular weight is 315 g/mol. The van der Waals surface area contributed by atoms with Gasteiger partial charge in [-0.2, -0.15) is 5.10 Å². The first-order valence-corrected chi connectivity index (χ1v) is 8.03.